The summed E-state index contributed by atoms with van der Waals surface area (Å²) >= 11 is 5.78. The van der Waals surface area contributed by atoms with E-state index in [1.807, 2.05) is 0 Å². The van der Waals surface area contributed by atoms with Crippen LogP contribution in [-0.2, 0) is 4.79 Å². The van der Waals surface area contributed by atoms with Crippen LogP contribution in [0.1, 0.15) is 48.9 Å². The number of nitrogens with one attached hydrogen (secondary N) is 1. The van der Waals surface area contributed by atoms with Crippen molar-refractivity contribution < 1.29 is 19.8 Å². The van der Waals surface area contributed by atoms with Crippen molar-refractivity contribution in [3.05, 3.63) is 28.8 Å². The minimum absolute atomic E-state index is 0. The number of carbonyl (C=O) groups excluding carboxylic acids is 1. The van der Waals surface area contributed by atoms with Gasteiger partial charge >= 0.3 is 5.97 Å². The van der Waals surface area contributed by atoms with Gasteiger partial charge in [0.05, 0.1) is 5.56 Å². The minimum atomic E-state index is -0.761. The van der Waals surface area contributed by atoms with Gasteiger partial charge in [0.25, 0.3) is 5.91 Å². The van der Waals surface area contributed by atoms with E-state index in [1.165, 1.54) is 18.2 Å². The SMILES string of the molecule is O=C(O)CCCCCCCNC(=O)c1cc(Cl)ccc1O.[Na].[Na]. The molecule has 23 heavy (non-hydrogen) atoms. The fourth-order valence-electron chi connectivity index (χ4n) is 1.92. The number of carbonyl (C=O) groups is 2. The molecule has 0 spiro atoms. The van der Waals surface area contributed by atoms with E-state index >= 15 is 0 Å². The number of rotatable bonds is 9. The third-order valence-electron chi connectivity index (χ3n) is 3.06. The number of unbranched alkanes of at least 4 members (excludes halogenated alkanes) is 4. The van der Waals surface area contributed by atoms with Crippen LogP contribution in [0.3, 0.4) is 0 Å². The number of amides is 1. The Kier molecular flexibility index (Phi) is 16.2. The third-order valence-corrected chi connectivity index (χ3v) is 3.29. The molecule has 3 N–H and O–H groups in total. The average molecular weight is 360 g/mol. The normalized spacial score (nSPS) is 9.43. The van der Waals surface area contributed by atoms with Gasteiger partial charge in [0.2, 0.25) is 0 Å². The summed E-state index contributed by atoms with van der Waals surface area (Å²) in [4.78, 5) is 22.2. The van der Waals surface area contributed by atoms with Gasteiger partial charge in [0.1, 0.15) is 5.75 Å². The Morgan fingerprint density at radius 3 is 2.30 bits per heavy atom. The molecule has 0 unspecified atom stereocenters. The van der Waals surface area contributed by atoms with Crippen LogP contribution in [0.4, 0.5) is 0 Å². The van der Waals surface area contributed by atoms with E-state index in [4.69, 9.17) is 16.7 Å². The van der Waals surface area contributed by atoms with Crippen LogP contribution in [0.25, 0.3) is 0 Å². The molecule has 0 fully saturated rings. The summed E-state index contributed by atoms with van der Waals surface area (Å²) in [6, 6.07) is 4.34. The van der Waals surface area contributed by atoms with Crippen molar-refractivity contribution >= 4 is 82.6 Å². The molecule has 1 rings (SSSR count). The van der Waals surface area contributed by atoms with E-state index in [0.29, 0.717) is 18.0 Å². The first-order chi connectivity index (χ1) is 10.0. The zero-order chi connectivity index (χ0) is 15.7. The van der Waals surface area contributed by atoms with Gasteiger partial charge < -0.3 is 15.5 Å². The Hall–Kier alpha value is 0.250. The number of benzene rings is 1. The van der Waals surface area contributed by atoms with Crippen LogP contribution in [-0.4, -0.2) is 87.7 Å². The summed E-state index contributed by atoms with van der Waals surface area (Å²) in [5.41, 5.74) is 0.170. The second-order valence-electron chi connectivity index (χ2n) is 4.83. The number of aliphatic carboxylic acids is 1. The van der Waals surface area contributed by atoms with Gasteiger partial charge in [-0.15, -0.1) is 0 Å². The van der Waals surface area contributed by atoms with Crippen LogP contribution in [0.2, 0.25) is 5.02 Å². The van der Waals surface area contributed by atoms with Crippen LogP contribution in [0.15, 0.2) is 18.2 Å². The fourth-order valence-corrected chi connectivity index (χ4v) is 2.09. The van der Waals surface area contributed by atoms with Crippen molar-refractivity contribution in [3.8, 4) is 5.75 Å². The van der Waals surface area contributed by atoms with Crippen molar-refractivity contribution in [1.29, 1.82) is 0 Å². The van der Waals surface area contributed by atoms with E-state index < -0.39 is 5.97 Å². The smallest absolute Gasteiger partial charge is 0.303 e. The van der Waals surface area contributed by atoms with Gasteiger partial charge in [-0.2, -0.15) is 0 Å². The molecule has 0 aromatic heterocycles. The Balaban J connectivity index is 0. The summed E-state index contributed by atoms with van der Waals surface area (Å²) in [6.07, 6.45) is 4.49. The Labute approximate surface area is 185 Å². The van der Waals surface area contributed by atoms with Gasteiger partial charge in [-0.25, -0.2) is 0 Å². The summed E-state index contributed by atoms with van der Waals surface area (Å²) in [5, 5.41) is 21.2. The molecule has 0 saturated carbocycles. The van der Waals surface area contributed by atoms with E-state index in [2.05, 4.69) is 5.32 Å². The van der Waals surface area contributed by atoms with Crippen molar-refractivity contribution in [2.45, 2.75) is 38.5 Å². The van der Waals surface area contributed by atoms with E-state index in [-0.39, 0.29) is 82.8 Å². The van der Waals surface area contributed by atoms with Gasteiger partial charge in [-0.05, 0) is 31.0 Å². The first kappa shape index (κ1) is 25.5. The van der Waals surface area contributed by atoms with Gasteiger partial charge in [0.15, 0.2) is 0 Å². The van der Waals surface area contributed by atoms with Crippen molar-refractivity contribution in [2.24, 2.45) is 0 Å². The van der Waals surface area contributed by atoms with Gasteiger partial charge in [0, 0.05) is 77.1 Å². The molecular weight excluding hydrogens is 340 g/mol. The number of hydrogen-bond acceptors (Lipinski definition) is 3. The number of halogens is 1. The predicted molar refractivity (Wildman–Crippen MR) is 92.3 cm³/mol. The molecule has 0 atom stereocenters. The monoisotopic (exact) mass is 359 g/mol. The van der Waals surface area contributed by atoms with Crippen molar-refractivity contribution in [3.63, 3.8) is 0 Å². The Morgan fingerprint density at radius 2 is 1.65 bits per heavy atom. The van der Waals surface area contributed by atoms with Crippen molar-refractivity contribution in [1.82, 2.24) is 5.32 Å². The Morgan fingerprint density at radius 1 is 1.04 bits per heavy atom. The minimum Gasteiger partial charge on any atom is -0.507 e. The molecule has 1 amide bonds. The molecule has 0 aliphatic carbocycles. The molecule has 1 aromatic carbocycles. The molecule has 0 aliphatic heterocycles. The van der Waals surface area contributed by atoms with Gasteiger partial charge in [-0.3, -0.25) is 9.59 Å². The van der Waals surface area contributed by atoms with Crippen LogP contribution < -0.4 is 5.32 Å². The first-order valence-corrected chi connectivity index (χ1v) is 7.37. The molecule has 8 heteroatoms. The molecule has 0 aliphatic rings. The topological polar surface area (TPSA) is 86.6 Å². The zero-order valence-electron chi connectivity index (χ0n) is 13.8. The van der Waals surface area contributed by atoms with E-state index in [1.54, 1.807) is 0 Å². The number of carboxylic acids is 1. The summed E-state index contributed by atoms with van der Waals surface area (Å²) in [7, 11) is 0. The second-order valence-corrected chi connectivity index (χ2v) is 5.27. The number of aromatic hydroxyl groups is 1. The van der Waals surface area contributed by atoms with Gasteiger partial charge in [-0.1, -0.05) is 30.9 Å². The molecule has 0 saturated heterocycles. The molecule has 5 nitrogen and oxygen atoms in total. The summed E-state index contributed by atoms with van der Waals surface area (Å²) in [5.74, 6) is -1.20. The molecule has 118 valence electrons. The van der Waals surface area contributed by atoms with E-state index in [0.717, 1.165) is 25.7 Å². The zero-order valence-corrected chi connectivity index (χ0v) is 18.5. The third kappa shape index (κ3) is 11.4. The molecule has 0 heterocycles. The van der Waals surface area contributed by atoms with Crippen LogP contribution in [0, 0.1) is 0 Å². The van der Waals surface area contributed by atoms with Crippen molar-refractivity contribution in [2.75, 3.05) is 6.54 Å². The standard InChI is InChI=1S/C15H20ClNO4.2Na/c16-11-7-8-13(18)12(10-11)15(21)17-9-5-3-1-2-4-6-14(19)20;;/h7-8,10,18H,1-6,9H2,(H,17,21)(H,19,20);;. The molecular formula is C15H20ClNNa2O4. The number of hydrogen-bond donors (Lipinski definition) is 3. The maximum absolute atomic E-state index is 11.8. The number of phenolic OH excluding ortho intramolecular Hbond substituents is 1. The maximum Gasteiger partial charge on any atom is 0.303 e. The fraction of sp³-hybridized carbons (Fsp3) is 0.467. The largest absolute Gasteiger partial charge is 0.507 e. The number of phenols is 1. The second kappa shape index (κ2) is 14.6. The number of carboxylic acid groups (broad SMARTS) is 1. The summed E-state index contributed by atoms with van der Waals surface area (Å²) in [6.45, 7) is 0.518. The first-order valence-electron chi connectivity index (χ1n) is 6.99. The predicted octanol–water partition coefficient (Wildman–Crippen LogP) is 2.44. The van der Waals surface area contributed by atoms with E-state index in [9.17, 15) is 14.7 Å². The van der Waals surface area contributed by atoms with Crippen LogP contribution >= 0.6 is 11.6 Å². The summed E-state index contributed by atoms with van der Waals surface area (Å²) < 4.78 is 0. The molecule has 0 bridgehead atoms. The van der Waals surface area contributed by atoms with Crippen LogP contribution in [0.5, 0.6) is 5.75 Å². The maximum atomic E-state index is 11.8. The Bertz CT molecular complexity index is 500. The average Bonchev–Trinajstić information content (AvgIpc) is 2.43. The molecule has 1 aromatic rings. The quantitative estimate of drug-likeness (QED) is 0.467. The molecule has 2 radical (unpaired) electrons.